The lowest BCUT2D eigenvalue weighted by atomic mass is 9.90. The van der Waals surface area contributed by atoms with Crippen LogP contribution < -0.4 is 50.8 Å². The molecule has 1 aliphatic carbocycles. The van der Waals surface area contributed by atoms with Crippen molar-refractivity contribution in [2.24, 2.45) is 0 Å². The molecule has 0 heterocycles. The molecular formula is C61H101N7O12. The van der Waals surface area contributed by atoms with Gasteiger partial charge < -0.3 is 65.2 Å². The maximum Gasteiger partial charge on any atom is 0.407 e. The van der Waals surface area contributed by atoms with E-state index in [1.165, 1.54) is 0 Å². The van der Waals surface area contributed by atoms with Gasteiger partial charge in [0.1, 0.15) is 34.2 Å². The first-order chi connectivity index (χ1) is 38.1. The van der Waals surface area contributed by atoms with Gasteiger partial charge in [0.15, 0.2) is 0 Å². The lowest BCUT2D eigenvalue weighted by Gasteiger charge is -2.30. The van der Waals surface area contributed by atoms with E-state index in [-0.39, 0.29) is 64.6 Å². The van der Waals surface area contributed by atoms with Crippen LogP contribution in [0.4, 0.5) is 9.59 Å². The lowest BCUT2D eigenvalue weighted by Crippen LogP contribution is -2.44. The first kappa shape index (κ1) is 68.3. The number of rotatable bonds is 37. The minimum absolute atomic E-state index is 0.218. The van der Waals surface area contributed by atoms with Crippen LogP contribution in [0, 0.1) is 0 Å². The Labute approximate surface area is 478 Å². The summed E-state index contributed by atoms with van der Waals surface area (Å²) in [6.07, 6.45) is 14.1. The standard InChI is InChI=1S/C61H101N7O12/c1-12-15-17-23-36-75-50-42-53(78-39-26-20-22-33-65-59(74)80-61(7,8)9)48(40-46(50)54(69)62-31-14-3)56(71)66-44-27-29-45(30-28-44)67-57(72)49-41-47(55(70)63-34-35-68(10)11)51(43-52(49)77-37-24-18-16-13-2)76-38-25-19-21-32-64-58(73)79-60(4,5)6/h40-45H,12-39H2,1-11H3,(H,62,69)(H,63,70)(H,64,73)(H,65,74)(H,66,71)(H,67,72)/t44-,45-. The topological polar surface area (TPSA) is 233 Å². The van der Waals surface area contributed by atoms with Crippen LogP contribution in [-0.4, -0.2) is 137 Å². The SMILES string of the molecule is CCCCCCOc1cc(OCCCCCNC(=O)OC(C)(C)C)c(C(=O)N[C@H]2CC[C@H](NC(=O)c3cc(C(=O)NCCN(C)C)c(OCCCCCNC(=O)OC(C)(C)C)cc3OCCCCCC)CC2)cc1C(=O)NCCC. The van der Waals surface area contributed by atoms with Crippen molar-refractivity contribution >= 4 is 35.8 Å². The van der Waals surface area contributed by atoms with E-state index in [2.05, 4.69) is 45.7 Å². The average molecular weight is 1120 g/mol. The highest BCUT2D eigenvalue weighted by molar-refractivity contribution is 6.04. The molecule has 6 N–H and O–H groups in total. The van der Waals surface area contributed by atoms with Crippen molar-refractivity contribution in [2.75, 3.05) is 73.2 Å². The molecule has 19 heteroatoms. The van der Waals surface area contributed by atoms with Gasteiger partial charge in [-0.15, -0.1) is 0 Å². The molecule has 1 aliphatic rings. The van der Waals surface area contributed by atoms with E-state index < -0.39 is 23.4 Å². The van der Waals surface area contributed by atoms with Crippen LogP contribution in [0.3, 0.4) is 0 Å². The summed E-state index contributed by atoms with van der Waals surface area (Å²) in [5, 5.41) is 17.9. The molecule has 0 atom stereocenters. The number of hydrogen-bond donors (Lipinski definition) is 6. The quantitative estimate of drug-likeness (QED) is 0.0346. The maximum absolute atomic E-state index is 14.4. The Morgan fingerprint density at radius 1 is 0.425 bits per heavy atom. The third kappa shape index (κ3) is 27.9. The molecule has 0 spiro atoms. The highest BCUT2D eigenvalue weighted by Gasteiger charge is 2.29. The van der Waals surface area contributed by atoms with Crippen molar-refractivity contribution in [1.29, 1.82) is 0 Å². The Balaban J connectivity index is 1.80. The normalized spacial score (nSPS) is 14.3. The van der Waals surface area contributed by atoms with Crippen LogP contribution in [0.25, 0.3) is 0 Å². The predicted molar refractivity (Wildman–Crippen MR) is 314 cm³/mol. The molecule has 0 saturated heterocycles. The minimum Gasteiger partial charge on any atom is -0.493 e. The number of likely N-dealkylation sites (N-methyl/N-ethyl adjacent to an activating group) is 1. The monoisotopic (exact) mass is 1120 g/mol. The Bertz CT molecular complexity index is 2200. The van der Waals surface area contributed by atoms with E-state index in [9.17, 15) is 28.8 Å². The van der Waals surface area contributed by atoms with Gasteiger partial charge in [-0.3, -0.25) is 19.2 Å². The van der Waals surface area contributed by atoms with Crippen LogP contribution in [0.1, 0.15) is 226 Å². The lowest BCUT2D eigenvalue weighted by molar-refractivity contribution is 0.0515. The van der Waals surface area contributed by atoms with E-state index in [0.29, 0.717) is 127 Å². The summed E-state index contributed by atoms with van der Waals surface area (Å²) >= 11 is 0. The number of hydrogen-bond acceptors (Lipinski definition) is 13. The van der Waals surface area contributed by atoms with Crippen LogP contribution in [0.5, 0.6) is 23.0 Å². The Morgan fingerprint density at radius 2 is 0.762 bits per heavy atom. The van der Waals surface area contributed by atoms with Gasteiger partial charge in [-0.25, -0.2) is 9.59 Å². The summed E-state index contributed by atoms with van der Waals surface area (Å²) in [5.41, 5.74) is -0.245. The first-order valence-corrected chi connectivity index (χ1v) is 29.8. The van der Waals surface area contributed by atoms with Gasteiger partial charge >= 0.3 is 12.2 Å². The molecule has 0 unspecified atom stereocenters. The van der Waals surface area contributed by atoms with E-state index in [0.717, 1.165) is 70.6 Å². The van der Waals surface area contributed by atoms with E-state index in [1.54, 1.807) is 24.3 Å². The van der Waals surface area contributed by atoms with Crippen molar-refractivity contribution in [3.63, 3.8) is 0 Å². The smallest absolute Gasteiger partial charge is 0.407 e. The zero-order valence-corrected chi connectivity index (χ0v) is 50.6. The predicted octanol–water partition coefficient (Wildman–Crippen LogP) is 10.7. The maximum atomic E-state index is 14.4. The van der Waals surface area contributed by atoms with Gasteiger partial charge in [-0.05, 0) is 151 Å². The summed E-state index contributed by atoms with van der Waals surface area (Å²) in [4.78, 5) is 82.4. The average Bonchev–Trinajstić information content (AvgIpc) is 3.38. The second-order valence-corrected chi connectivity index (χ2v) is 23.0. The molecule has 0 bridgehead atoms. The summed E-state index contributed by atoms with van der Waals surface area (Å²) in [6, 6.07) is 5.98. The van der Waals surface area contributed by atoms with Crippen molar-refractivity contribution in [3.05, 3.63) is 46.5 Å². The Hall–Kier alpha value is -5.98. The Morgan fingerprint density at radius 3 is 1.09 bits per heavy atom. The van der Waals surface area contributed by atoms with Crippen molar-refractivity contribution in [2.45, 2.75) is 208 Å². The molecule has 80 heavy (non-hydrogen) atoms. The summed E-state index contributed by atoms with van der Waals surface area (Å²) in [7, 11) is 3.84. The molecule has 1 fully saturated rings. The first-order valence-electron chi connectivity index (χ1n) is 29.8. The third-order valence-corrected chi connectivity index (χ3v) is 12.9. The fourth-order valence-electron chi connectivity index (χ4n) is 8.64. The highest BCUT2D eigenvalue weighted by atomic mass is 16.6. The molecule has 6 amide bonds. The second kappa shape index (κ2) is 37.1. The van der Waals surface area contributed by atoms with Crippen LogP contribution in [-0.2, 0) is 9.47 Å². The molecule has 2 aromatic rings. The van der Waals surface area contributed by atoms with Crippen molar-refractivity contribution < 1.29 is 57.2 Å². The largest absolute Gasteiger partial charge is 0.493 e. The van der Waals surface area contributed by atoms with Crippen LogP contribution in [0.15, 0.2) is 24.3 Å². The summed E-state index contributed by atoms with van der Waals surface area (Å²) in [5.74, 6) is -0.190. The molecule has 452 valence electrons. The number of nitrogens with zero attached hydrogens (tertiary/aromatic N) is 1. The van der Waals surface area contributed by atoms with Crippen molar-refractivity contribution in [3.8, 4) is 23.0 Å². The van der Waals surface area contributed by atoms with E-state index in [1.807, 2.05) is 67.5 Å². The van der Waals surface area contributed by atoms with Gasteiger partial charge in [0, 0.05) is 56.9 Å². The number of alkyl carbamates (subject to hydrolysis) is 2. The number of carbonyl (C=O) groups excluding carboxylic acids is 6. The molecular weight excluding hydrogens is 1020 g/mol. The summed E-state index contributed by atoms with van der Waals surface area (Å²) < 4.78 is 35.8. The Kier molecular flexibility index (Phi) is 31.7. The fourth-order valence-corrected chi connectivity index (χ4v) is 8.64. The number of ether oxygens (including phenoxy) is 6. The number of unbranched alkanes of at least 4 members (excludes halogenated alkanes) is 10. The fraction of sp³-hybridized carbons (Fsp3) is 0.705. The highest BCUT2D eigenvalue weighted by Crippen LogP contribution is 2.33. The molecule has 0 radical (unpaired) electrons. The van der Waals surface area contributed by atoms with Crippen LogP contribution >= 0.6 is 0 Å². The van der Waals surface area contributed by atoms with Crippen LogP contribution in [0.2, 0.25) is 0 Å². The molecule has 0 aliphatic heterocycles. The molecule has 19 nitrogen and oxygen atoms in total. The molecule has 1 saturated carbocycles. The van der Waals surface area contributed by atoms with Crippen molar-refractivity contribution in [1.82, 2.24) is 36.8 Å². The zero-order chi connectivity index (χ0) is 58.9. The number of nitrogens with one attached hydrogen (secondary N) is 6. The van der Waals surface area contributed by atoms with Gasteiger partial charge in [0.2, 0.25) is 0 Å². The summed E-state index contributed by atoms with van der Waals surface area (Å²) in [6.45, 7) is 20.9. The van der Waals surface area contributed by atoms with E-state index in [4.69, 9.17) is 28.4 Å². The number of amides is 6. The second-order valence-electron chi connectivity index (χ2n) is 23.0. The van der Waals surface area contributed by atoms with Gasteiger partial charge in [0.05, 0.1) is 48.7 Å². The van der Waals surface area contributed by atoms with Gasteiger partial charge in [0.25, 0.3) is 23.6 Å². The number of benzene rings is 2. The molecule has 2 aromatic carbocycles. The number of carbonyl (C=O) groups is 6. The van der Waals surface area contributed by atoms with Gasteiger partial charge in [-0.1, -0.05) is 59.3 Å². The van der Waals surface area contributed by atoms with E-state index >= 15 is 0 Å². The van der Waals surface area contributed by atoms with Gasteiger partial charge in [-0.2, -0.15) is 0 Å². The molecule has 3 rings (SSSR count). The zero-order valence-electron chi connectivity index (χ0n) is 50.6. The minimum atomic E-state index is -0.586. The molecule has 0 aromatic heterocycles. The third-order valence-electron chi connectivity index (χ3n) is 12.9.